The van der Waals surface area contributed by atoms with Gasteiger partial charge in [0.05, 0.1) is 9.83 Å². The molecular formula is C15H10N2O4S2. The summed E-state index contributed by atoms with van der Waals surface area (Å²) < 4.78 is 6.18. The van der Waals surface area contributed by atoms with Crippen molar-refractivity contribution in [3.05, 3.63) is 57.2 Å². The van der Waals surface area contributed by atoms with Crippen LogP contribution in [0.25, 0.3) is 17.4 Å². The second-order valence-corrected chi connectivity index (χ2v) is 6.42. The van der Waals surface area contributed by atoms with Crippen LogP contribution in [-0.4, -0.2) is 27.1 Å². The van der Waals surface area contributed by atoms with Crippen LogP contribution < -0.4 is 0 Å². The Hall–Kier alpha value is -2.45. The van der Waals surface area contributed by atoms with E-state index in [1.54, 1.807) is 37.4 Å². The Morgan fingerprint density at radius 3 is 2.52 bits per heavy atom. The van der Waals surface area contributed by atoms with E-state index in [1.807, 2.05) is 0 Å². The number of amides is 1. The maximum absolute atomic E-state index is 11.9. The predicted molar refractivity (Wildman–Crippen MR) is 91.7 cm³/mol. The number of carbonyl (C=O) groups is 1. The van der Waals surface area contributed by atoms with Gasteiger partial charge in [0.15, 0.2) is 0 Å². The SMILES string of the molecule is CN1C(=O)/C(=C\c2ccc(-c3ccc([N+](=O)[O-])cc3)o2)SC1=S. The first kappa shape index (κ1) is 15.4. The summed E-state index contributed by atoms with van der Waals surface area (Å²) in [6.07, 6.45) is 1.64. The predicted octanol–water partition coefficient (Wildman–Crippen LogP) is 3.69. The summed E-state index contributed by atoms with van der Waals surface area (Å²) in [5.41, 5.74) is 0.741. The highest BCUT2D eigenvalue weighted by atomic mass is 32.2. The highest BCUT2D eigenvalue weighted by Gasteiger charge is 2.29. The molecule has 1 aromatic heterocycles. The van der Waals surface area contributed by atoms with Crippen LogP contribution >= 0.6 is 24.0 Å². The molecule has 116 valence electrons. The lowest BCUT2D eigenvalue weighted by atomic mass is 10.1. The molecule has 6 nitrogen and oxygen atoms in total. The van der Waals surface area contributed by atoms with Crippen LogP contribution in [-0.2, 0) is 4.79 Å². The van der Waals surface area contributed by atoms with E-state index in [-0.39, 0.29) is 11.6 Å². The van der Waals surface area contributed by atoms with E-state index in [2.05, 4.69) is 0 Å². The highest BCUT2D eigenvalue weighted by Crippen LogP contribution is 2.32. The monoisotopic (exact) mass is 346 g/mol. The minimum Gasteiger partial charge on any atom is -0.457 e. The van der Waals surface area contributed by atoms with Gasteiger partial charge in [-0.2, -0.15) is 0 Å². The standard InChI is InChI=1S/C15H10N2O4S2/c1-16-14(18)13(23-15(16)22)8-11-6-7-12(21-11)9-2-4-10(5-3-9)17(19)20/h2-8H,1H3/b13-8+. The van der Waals surface area contributed by atoms with Crippen molar-refractivity contribution in [2.45, 2.75) is 0 Å². The number of thioether (sulfide) groups is 1. The van der Waals surface area contributed by atoms with Crippen LogP contribution in [0.3, 0.4) is 0 Å². The Bertz CT molecular complexity index is 839. The third kappa shape index (κ3) is 3.03. The van der Waals surface area contributed by atoms with E-state index in [1.165, 1.54) is 28.8 Å². The maximum Gasteiger partial charge on any atom is 0.269 e. The summed E-state index contributed by atoms with van der Waals surface area (Å²) in [5.74, 6) is 0.929. The van der Waals surface area contributed by atoms with Crippen molar-refractivity contribution < 1.29 is 14.1 Å². The van der Waals surface area contributed by atoms with E-state index in [0.29, 0.717) is 20.7 Å². The molecule has 0 bridgehead atoms. The third-order valence-corrected chi connectivity index (χ3v) is 4.73. The van der Waals surface area contributed by atoms with Crippen molar-refractivity contribution in [3.8, 4) is 11.3 Å². The van der Waals surface area contributed by atoms with Crippen molar-refractivity contribution in [1.82, 2.24) is 4.90 Å². The number of nitro benzene ring substituents is 1. The molecule has 3 rings (SSSR count). The van der Waals surface area contributed by atoms with Gasteiger partial charge in [-0.3, -0.25) is 19.8 Å². The second-order valence-electron chi connectivity index (χ2n) is 4.75. The fraction of sp³-hybridized carbons (Fsp3) is 0.0667. The summed E-state index contributed by atoms with van der Waals surface area (Å²) in [7, 11) is 1.63. The number of nitro groups is 1. The first-order valence-electron chi connectivity index (χ1n) is 6.52. The van der Waals surface area contributed by atoms with Crippen molar-refractivity contribution in [1.29, 1.82) is 0 Å². The molecule has 1 aliphatic heterocycles. The first-order valence-corrected chi connectivity index (χ1v) is 7.74. The third-order valence-electron chi connectivity index (χ3n) is 3.25. The topological polar surface area (TPSA) is 76.6 Å². The number of hydrogen-bond acceptors (Lipinski definition) is 6. The number of nitrogens with zero attached hydrogens (tertiary/aromatic N) is 2. The Morgan fingerprint density at radius 1 is 1.26 bits per heavy atom. The van der Waals surface area contributed by atoms with Crippen LogP contribution in [0.1, 0.15) is 5.76 Å². The number of furan rings is 1. The molecule has 1 saturated heterocycles. The molecule has 23 heavy (non-hydrogen) atoms. The molecule has 2 heterocycles. The van der Waals surface area contributed by atoms with Gasteiger partial charge in [0, 0.05) is 30.8 Å². The summed E-state index contributed by atoms with van der Waals surface area (Å²) in [6.45, 7) is 0. The highest BCUT2D eigenvalue weighted by molar-refractivity contribution is 8.26. The zero-order valence-electron chi connectivity index (χ0n) is 11.9. The minimum atomic E-state index is -0.454. The van der Waals surface area contributed by atoms with Crippen LogP contribution in [0.4, 0.5) is 5.69 Å². The van der Waals surface area contributed by atoms with Crippen LogP contribution in [0.15, 0.2) is 45.7 Å². The van der Waals surface area contributed by atoms with Gasteiger partial charge in [0.2, 0.25) is 0 Å². The number of benzene rings is 1. The largest absolute Gasteiger partial charge is 0.457 e. The number of rotatable bonds is 3. The van der Waals surface area contributed by atoms with Gasteiger partial charge >= 0.3 is 0 Å². The van der Waals surface area contributed by atoms with Crippen LogP contribution in [0.2, 0.25) is 0 Å². The first-order chi connectivity index (χ1) is 11.0. The summed E-state index contributed by atoms with van der Waals surface area (Å²) in [6, 6.07) is 9.55. The Kier molecular flexibility index (Phi) is 4.01. The minimum absolute atomic E-state index is 0.0205. The average molecular weight is 346 g/mol. The van der Waals surface area contributed by atoms with E-state index in [9.17, 15) is 14.9 Å². The van der Waals surface area contributed by atoms with Crippen molar-refractivity contribution in [3.63, 3.8) is 0 Å². The second kappa shape index (κ2) is 5.98. The molecule has 0 aliphatic carbocycles. The molecular weight excluding hydrogens is 336 g/mol. The smallest absolute Gasteiger partial charge is 0.269 e. The van der Waals surface area contributed by atoms with Crippen molar-refractivity contribution in [2.24, 2.45) is 0 Å². The molecule has 1 fully saturated rings. The molecule has 0 atom stereocenters. The molecule has 8 heteroatoms. The van der Waals surface area contributed by atoms with E-state index < -0.39 is 4.92 Å². The van der Waals surface area contributed by atoms with Gasteiger partial charge in [-0.25, -0.2) is 0 Å². The quantitative estimate of drug-likeness (QED) is 0.365. The molecule has 0 N–H and O–H groups in total. The number of hydrogen-bond donors (Lipinski definition) is 0. The lowest BCUT2D eigenvalue weighted by molar-refractivity contribution is -0.384. The van der Waals surface area contributed by atoms with Crippen molar-refractivity contribution in [2.75, 3.05) is 7.05 Å². The van der Waals surface area contributed by atoms with Gasteiger partial charge in [0.25, 0.3) is 11.6 Å². The van der Waals surface area contributed by atoms with Gasteiger partial charge < -0.3 is 4.42 Å². The number of non-ortho nitro benzene ring substituents is 1. The molecule has 0 unspecified atom stereocenters. The zero-order chi connectivity index (χ0) is 16.6. The number of thiocarbonyl (C=S) groups is 1. The van der Waals surface area contributed by atoms with E-state index >= 15 is 0 Å². The number of carbonyl (C=O) groups excluding carboxylic acids is 1. The van der Waals surface area contributed by atoms with Gasteiger partial charge in [-0.05, 0) is 24.3 Å². The normalized spacial score (nSPS) is 16.4. The average Bonchev–Trinajstić information content (AvgIpc) is 3.09. The van der Waals surface area contributed by atoms with Gasteiger partial charge in [-0.15, -0.1) is 0 Å². The van der Waals surface area contributed by atoms with E-state index in [4.69, 9.17) is 16.6 Å². The van der Waals surface area contributed by atoms with Gasteiger partial charge in [-0.1, -0.05) is 24.0 Å². The molecule has 0 radical (unpaired) electrons. The lowest BCUT2D eigenvalue weighted by Crippen LogP contribution is -2.22. The Labute approximate surface area is 140 Å². The molecule has 1 aromatic carbocycles. The lowest BCUT2D eigenvalue weighted by Gasteiger charge is -2.03. The van der Waals surface area contributed by atoms with Crippen LogP contribution in [0.5, 0.6) is 0 Å². The Morgan fingerprint density at radius 2 is 1.96 bits per heavy atom. The fourth-order valence-electron chi connectivity index (χ4n) is 2.01. The Balaban J connectivity index is 1.85. The number of likely N-dealkylation sites (N-methyl/N-ethyl adjacent to an activating group) is 1. The summed E-state index contributed by atoms with van der Waals surface area (Å²) in [4.78, 5) is 24.1. The fourth-order valence-corrected chi connectivity index (χ4v) is 3.17. The van der Waals surface area contributed by atoms with Crippen LogP contribution in [0, 0.1) is 10.1 Å². The summed E-state index contributed by atoms with van der Waals surface area (Å²) >= 11 is 6.29. The molecule has 1 amide bonds. The van der Waals surface area contributed by atoms with Gasteiger partial charge in [0.1, 0.15) is 15.8 Å². The van der Waals surface area contributed by atoms with E-state index in [0.717, 1.165) is 5.56 Å². The molecule has 1 aliphatic rings. The molecule has 0 spiro atoms. The zero-order valence-corrected chi connectivity index (χ0v) is 13.5. The summed E-state index contributed by atoms with van der Waals surface area (Å²) in [5, 5.41) is 10.7. The molecule has 2 aromatic rings. The molecule has 0 saturated carbocycles. The maximum atomic E-state index is 11.9. The van der Waals surface area contributed by atoms with Crippen molar-refractivity contribution >= 4 is 46.0 Å².